The molecule has 2 heterocycles. The molecule has 0 radical (unpaired) electrons. The highest BCUT2D eigenvalue weighted by atomic mass is 16.5. The van der Waals surface area contributed by atoms with Gasteiger partial charge in [-0.15, -0.1) is 0 Å². The number of nitriles is 1. The number of aliphatic hydroxyl groups excluding tert-OH is 1. The van der Waals surface area contributed by atoms with Gasteiger partial charge in [-0.2, -0.15) is 5.26 Å². The molecule has 0 bridgehead atoms. The number of amides is 1. The van der Waals surface area contributed by atoms with Crippen LogP contribution in [-0.2, 0) is 0 Å². The number of β-amino-alcohol motifs (C(OH)–C–C–N with tert-alkyl or cyclic N) is 1. The van der Waals surface area contributed by atoms with Crippen molar-refractivity contribution in [2.45, 2.75) is 31.8 Å². The first-order valence-electron chi connectivity index (χ1n) is 10.8. The van der Waals surface area contributed by atoms with E-state index in [2.05, 4.69) is 21.6 Å². The summed E-state index contributed by atoms with van der Waals surface area (Å²) in [5.41, 5.74) is 0.665. The molecular weight excluding hydrogens is 384 g/mol. The fraction of sp³-hybridized carbons (Fsp3) is 0.636. The summed E-state index contributed by atoms with van der Waals surface area (Å²) in [6.45, 7) is 4.90. The summed E-state index contributed by atoms with van der Waals surface area (Å²) < 4.78 is 11.4. The first-order chi connectivity index (χ1) is 14.6. The molecule has 164 valence electrons. The molecule has 0 saturated carbocycles. The average Bonchev–Trinajstić information content (AvgIpc) is 3.00. The number of nitrogens with one attached hydrogen (secondary N) is 2. The van der Waals surface area contributed by atoms with E-state index in [9.17, 15) is 15.2 Å². The van der Waals surface area contributed by atoms with Gasteiger partial charge in [-0.05, 0) is 52.0 Å². The van der Waals surface area contributed by atoms with E-state index in [1.165, 1.54) is 6.07 Å². The second-order valence-corrected chi connectivity index (χ2v) is 7.95. The van der Waals surface area contributed by atoms with E-state index in [1.807, 2.05) is 7.05 Å². The average molecular weight is 417 g/mol. The molecule has 0 spiro atoms. The molecule has 0 aliphatic carbocycles. The van der Waals surface area contributed by atoms with Gasteiger partial charge < -0.3 is 30.1 Å². The van der Waals surface area contributed by atoms with Crippen molar-refractivity contribution in [1.82, 2.24) is 15.5 Å². The third-order valence-corrected chi connectivity index (χ3v) is 5.70. The van der Waals surface area contributed by atoms with Crippen molar-refractivity contribution in [2.24, 2.45) is 5.92 Å². The summed E-state index contributed by atoms with van der Waals surface area (Å²) >= 11 is 0. The van der Waals surface area contributed by atoms with Crippen LogP contribution in [0.15, 0.2) is 12.1 Å². The largest absolute Gasteiger partial charge is 0.489 e. The van der Waals surface area contributed by atoms with Crippen LogP contribution in [0.4, 0.5) is 0 Å². The molecular formula is C22H32N4O4. The lowest BCUT2D eigenvalue weighted by molar-refractivity contribution is 0.0216. The first-order valence-corrected chi connectivity index (χ1v) is 10.8. The Balaban J connectivity index is 1.55. The summed E-state index contributed by atoms with van der Waals surface area (Å²) in [7, 11) is 1.95. The van der Waals surface area contributed by atoms with E-state index in [-0.39, 0.29) is 11.8 Å². The predicted molar refractivity (Wildman–Crippen MR) is 113 cm³/mol. The number of hydrogen-bond acceptors (Lipinski definition) is 7. The van der Waals surface area contributed by atoms with Crippen LogP contribution < -0.4 is 20.1 Å². The van der Waals surface area contributed by atoms with E-state index in [0.717, 1.165) is 45.3 Å². The summed E-state index contributed by atoms with van der Waals surface area (Å²) in [5, 5.41) is 25.9. The van der Waals surface area contributed by atoms with Gasteiger partial charge in [0.05, 0.1) is 36.5 Å². The Morgan fingerprint density at radius 2 is 2.17 bits per heavy atom. The zero-order valence-electron chi connectivity index (χ0n) is 17.7. The number of likely N-dealkylation sites (tertiary alicyclic amines) is 1. The van der Waals surface area contributed by atoms with E-state index in [0.29, 0.717) is 48.9 Å². The zero-order chi connectivity index (χ0) is 21.3. The van der Waals surface area contributed by atoms with Crippen LogP contribution in [0.3, 0.4) is 0 Å². The van der Waals surface area contributed by atoms with E-state index in [4.69, 9.17) is 9.47 Å². The summed E-state index contributed by atoms with van der Waals surface area (Å²) in [5.74, 6) is 0.525. The van der Waals surface area contributed by atoms with Gasteiger partial charge >= 0.3 is 0 Å². The van der Waals surface area contributed by atoms with Gasteiger partial charge in [-0.3, -0.25) is 4.79 Å². The van der Waals surface area contributed by atoms with Gasteiger partial charge in [-0.25, -0.2) is 0 Å². The lowest BCUT2D eigenvalue weighted by Crippen LogP contribution is -2.47. The lowest BCUT2D eigenvalue weighted by Gasteiger charge is -2.36. The number of aliphatic hydroxyl groups is 1. The molecule has 0 aromatic heterocycles. The zero-order valence-corrected chi connectivity index (χ0v) is 17.7. The van der Waals surface area contributed by atoms with Crippen molar-refractivity contribution in [1.29, 1.82) is 5.26 Å². The monoisotopic (exact) mass is 416 g/mol. The number of benzene rings is 1. The molecule has 30 heavy (non-hydrogen) atoms. The number of rotatable bonds is 8. The van der Waals surface area contributed by atoms with Crippen LogP contribution in [-0.4, -0.2) is 75.0 Å². The quantitative estimate of drug-likeness (QED) is 0.546. The van der Waals surface area contributed by atoms with Crippen molar-refractivity contribution in [3.63, 3.8) is 0 Å². The fourth-order valence-corrected chi connectivity index (χ4v) is 3.95. The van der Waals surface area contributed by atoms with Crippen LogP contribution in [0.2, 0.25) is 0 Å². The second kappa shape index (κ2) is 11.2. The number of fused-ring (bicyclic) bond motifs is 1. The maximum Gasteiger partial charge on any atom is 0.255 e. The first kappa shape index (κ1) is 22.3. The molecule has 8 nitrogen and oxygen atoms in total. The van der Waals surface area contributed by atoms with Crippen molar-refractivity contribution in [3.05, 3.63) is 23.3 Å². The minimum Gasteiger partial charge on any atom is -0.489 e. The number of hydrogen-bond donors (Lipinski definition) is 3. The molecule has 2 aliphatic rings. The third-order valence-electron chi connectivity index (χ3n) is 5.70. The smallest absolute Gasteiger partial charge is 0.255 e. The highest BCUT2D eigenvalue weighted by Crippen LogP contribution is 2.35. The Morgan fingerprint density at radius 3 is 2.93 bits per heavy atom. The lowest BCUT2D eigenvalue weighted by atomic mass is 9.93. The van der Waals surface area contributed by atoms with Crippen molar-refractivity contribution in [3.8, 4) is 17.6 Å². The number of unbranched alkanes of at least 4 members (excludes halogenated alkanes) is 1. The topological polar surface area (TPSA) is 107 Å². The normalized spacial score (nSPS) is 21.5. The molecule has 3 rings (SSSR count). The Morgan fingerprint density at radius 1 is 1.33 bits per heavy atom. The Hall–Kier alpha value is -2.34. The number of ether oxygens (including phenoxy) is 2. The maximum absolute atomic E-state index is 12.9. The standard InChI is InChI=1S/C22H32N4O4/c1-24-6-2-3-7-26-8-5-17(19(27)15-26)14-25-22(28)18-11-16(13-23)12-20-21(18)30-10-4-9-29-20/h11-12,17,19,24,27H,2-10,14-15H2,1H3,(H,25,28)/t17-,19?/m0/s1. The van der Waals surface area contributed by atoms with Crippen LogP contribution in [0.25, 0.3) is 0 Å². The Labute approximate surface area is 178 Å². The van der Waals surface area contributed by atoms with Crippen LogP contribution >= 0.6 is 0 Å². The van der Waals surface area contributed by atoms with E-state index in [1.54, 1.807) is 6.07 Å². The van der Waals surface area contributed by atoms with Crippen LogP contribution in [0.1, 0.15) is 41.6 Å². The molecule has 3 N–H and O–H groups in total. The highest BCUT2D eigenvalue weighted by Gasteiger charge is 2.28. The van der Waals surface area contributed by atoms with Crippen LogP contribution in [0.5, 0.6) is 11.5 Å². The summed E-state index contributed by atoms with van der Waals surface area (Å²) in [4.78, 5) is 15.2. The summed E-state index contributed by atoms with van der Waals surface area (Å²) in [6, 6.07) is 5.21. The number of piperidine rings is 1. The van der Waals surface area contributed by atoms with Gasteiger partial charge in [0, 0.05) is 31.5 Å². The van der Waals surface area contributed by atoms with Gasteiger partial charge in [0.15, 0.2) is 11.5 Å². The minimum absolute atomic E-state index is 0.0115. The molecule has 1 fully saturated rings. The van der Waals surface area contributed by atoms with Gasteiger partial charge in [0.1, 0.15) is 0 Å². The molecule has 1 saturated heterocycles. The Kier molecular flexibility index (Phi) is 8.31. The van der Waals surface area contributed by atoms with E-state index < -0.39 is 6.10 Å². The fourth-order valence-electron chi connectivity index (χ4n) is 3.95. The minimum atomic E-state index is -0.467. The highest BCUT2D eigenvalue weighted by molar-refractivity contribution is 5.98. The van der Waals surface area contributed by atoms with Crippen LogP contribution in [0, 0.1) is 17.2 Å². The molecule has 1 aromatic rings. The molecule has 2 atom stereocenters. The molecule has 1 aromatic carbocycles. The number of carbonyl (C=O) groups is 1. The van der Waals surface area contributed by atoms with Crippen molar-refractivity contribution in [2.75, 3.05) is 53.0 Å². The Bertz CT molecular complexity index is 764. The van der Waals surface area contributed by atoms with E-state index >= 15 is 0 Å². The van der Waals surface area contributed by atoms with Crippen molar-refractivity contribution >= 4 is 5.91 Å². The molecule has 1 amide bonds. The SMILES string of the molecule is CNCCCCN1CC[C@@H](CNC(=O)c2cc(C#N)cc3c2OCCCO3)C(O)C1. The number of carbonyl (C=O) groups excluding carboxylic acids is 1. The predicted octanol–water partition coefficient (Wildman–Crippen LogP) is 1.13. The molecule has 1 unspecified atom stereocenters. The number of nitrogens with zero attached hydrogens (tertiary/aromatic N) is 2. The third kappa shape index (κ3) is 5.85. The van der Waals surface area contributed by atoms with Gasteiger partial charge in [0.25, 0.3) is 5.91 Å². The second-order valence-electron chi connectivity index (χ2n) is 7.95. The van der Waals surface area contributed by atoms with Gasteiger partial charge in [-0.1, -0.05) is 0 Å². The van der Waals surface area contributed by atoms with Gasteiger partial charge in [0.2, 0.25) is 0 Å². The molecule has 8 heteroatoms. The van der Waals surface area contributed by atoms with Crippen molar-refractivity contribution < 1.29 is 19.4 Å². The maximum atomic E-state index is 12.9. The summed E-state index contributed by atoms with van der Waals surface area (Å²) in [6.07, 6.45) is 3.32. The molecule has 2 aliphatic heterocycles.